The van der Waals surface area contributed by atoms with Crippen molar-refractivity contribution in [1.82, 2.24) is 4.57 Å². The highest BCUT2D eigenvalue weighted by atomic mass is 16.5. The zero-order valence-electron chi connectivity index (χ0n) is 22.1. The summed E-state index contributed by atoms with van der Waals surface area (Å²) in [7, 11) is 1.56. The zero-order valence-corrected chi connectivity index (χ0v) is 22.1. The van der Waals surface area contributed by atoms with Crippen LogP contribution >= 0.6 is 0 Å². The minimum Gasteiger partial charge on any atom is -0.493 e. The molecule has 2 N–H and O–H groups in total. The van der Waals surface area contributed by atoms with Gasteiger partial charge in [0, 0.05) is 11.8 Å². The fraction of sp³-hybridized carbons (Fsp3) is 0.188. The minimum absolute atomic E-state index is 0.0201. The number of ether oxygens (including phenoxy) is 3. The third-order valence-electron chi connectivity index (χ3n) is 6.91. The molecule has 0 amide bonds. The van der Waals surface area contributed by atoms with Crippen LogP contribution in [0.1, 0.15) is 39.4 Å². The summed E-state index contributed by atoms with van der Waals surface area (Å²) in [5.41, 5.74) is 11.1. The third-order valence-corrected chi connectivity index (χ3v) is 6.91. The Morgan fingerprint density at radius 1 is 0.974 bits per heavy atom. The standard InChI is InChI=1S/C32H29N3O4/c1-20-9-11-23(12-10-20)19-38-26-14-13-24(16-27(26)37-3)29-25(17-33)31(34)39-28-15-21(2)35(32(36)30(28)29)18-22-7-5-4-6-8-22/h4-16,29H,18-19,34H2,1-3H3. The maximum atomic E-state index is 13.9. The number of methoxy groups -OCH3 is 1. The smallest absolute Gasteiger partial charge is 0.259 e. The van der Waals surface area contributed by atoms with E-state index in [0.29, 0.717) is 41.5 Å². The summed E-state index contributed by atoms with van der Waals surface area (Å²) in [5, 5.41) is 10.0. The predicted octanol–water partition coefficient (Wildman–Crippen LogP) is 5.32. The minimum atomic E-state index is -0.728. The lowest BCUT2D eigenvalue weighted by Gasteiger charge is -2.28. The van der Waals surface area contributed by atoms with Gasteiger partial charge in [-0.1, -0.05) is 66.2 Å². The number of rotatable bonds is 7. The summed E-state index contributed by atoms with van der Waals surface area (Å²) in [6.45, 7) is 4.65. The van der Waals surface area contributed by atoms with E-state index in [4.69, 9.17) is 19.9 Å². The maximum Gasteiger partial charge on any atom is 0.259 e. The Balaban J connectivity index is 1.56. The third kappa shape index (κ3) is 5.10. The van der Waals surface area contributed by atoms with Crippen molar-refractivity contribution in [2.75, 3.05) is 7.11 Å². The first kappa shape index (κ1) is 25.7. The number of benzene rings is 3. The van der Waals surface area contributed by atoms with Gasteiger partial charge in [-0.15, -0.1) is 0 Å². The Bertz CT molecular complexity index is 1650. The van der Waals surface area contributed by atoms with Gasteiger partial charge < -0.3 is 24.5 Å². The zero-order chi connectivity index (χ0) is 27.5. The Hall–Kier alpha value is -4.96. The first-order valence-corrected chi connectivity index (χ1v) is 12.6. The van der Waals surface area contributed by atoms with Crippen LogP contribution in [0.25, 0.3) is 0 Å². The van der Waals surface area contributed by atoms with Crippen LogP contribution in [0.4, 0.5) is 0 Å². The van der Waals surface area contributed by atoms with Crippen molar-refractivity contribution in [2.24, 2.45) is 5.73 Å². The van der Waals surface area contributed by atoms with Gasteiger partial charge in [0.05, 0.1) is 25.1 Å². The quantitative estimate of drug-likeness (QED) is 0.355. The number of nitrogens with zero attached hydrogens (tertiary/aromatic N) is 2. The van der Waals surface area contributed by atoms with Gasteiger partial charge in [0.25, 0.3) is 5.56 Å². The van der Waals surface area contributed by atoms with Crippen molar-refractivity contribution in [2.45, 2.75) is 32.9 Å². The molecule has 1 aliphatic heterocycles. The molecule has 3 aromatic carbocycles. The molecule has 1 aromatic heterocycles. The molecule has 2 heterocycles. The topological polar surface area (TPSA) is 99.5 Å². The van der Waals surface area contributed by atoms with Crippen molar-refractivity contribution in [3.8, 4) is 23.3 Å². The van der Waals surface area contributed by atoms with E-state index in [9.17, 15) is 10.1 Å². The number of nitrogens with two attached hydrogens (primary N) is 1. The monoisotopic (exact) mass is 519 g/mol. The van der Waals surface area contributed by atoms with Crippen LogP contribution < -0.4 is 25.5 Å². The molecular weight excluding hydrogens is 490 g/mol. The van der Waals surface area contributed by atoms with E-state index in [2.05, 4.69) is 6.07 Å². The number of aryl methyl sites for hydroxylation is 2. The normalized spacial score (nSPS) is 14.3. The molecule has 7 heteroatoms. The second-order valence-electron chi connectivity index (χ2n) is 9.55. The number of pyridine rings is 1. The molecule has 7 nitrogen and oxygen atoms in total. The van der Waals surface area contributed by atoms with Gasteiger partial charge in [-0.2, -0.15) is 5.26 Å². The molecule has 5 rings (SSSR count). The summed E-state index contributed by atoms with van der Waals surface area (Å²) in [4.78, 5) is 13.9. The molecule has 0 saturated carbocycles. The van der Waals surface area contributed by atoms with E-state index < -0.39 is 5.92 Å². The van der Waals surface area contributed by atoms with Gasteiger partial charge in [-0.05, 0) is 42.7 Å². The fourth-order valence-corrected chi connectivity index (χ4v) is 4.81. The average molecular weight is 520 g/mol. The molecule has 1 aliphatic rings. The Kier molecular flexibility index (Phi) is 7.11. The lowest BCUT2D eigenvalue weighted by Crippen LogP contribution is -2.33. The number of hydrogen-bond acceptors (Lipinski definition) is 6. The van der Waals surface area contributed by atoms with Crippen molar-refractivity contribution in [3.05, 3.63) is 134 Å². The lowest BCUT2D eigenvalue weighted by molar-refractivity contribution is 0.284. The number of fused-ring (bicyclic) bond motifs is 1. The molecule has 0 fully saturated rings. The molecule has 0 radical (unpaired) electrons. The number of nitriles is 1. The molecule has 39 heavy (non-hydrogen) atoms. The van der Waals surface area contributed by atoms with E-state index in [0.717, 1.165) is 16.8 Å². The Morgan fingerprint density at radius 3 is 2.41 bits per heavy atom. The molecule has 1 atom stereocenters. The fourth-order valence-electron chi connectivity index (χ4n) is 4.81. The van der Waals surface area contributed by atoms with Gasteiger partial charge >= 0.3 is 0 Å². The molecule has 0 aliphatic carbocycles. The van der Waals surface area contributed by atoms with Crippen molar-refractivity contribution in [3.63, 3.8) is 0 Å². The van der Waals surface area contributed by atoms with Crippen LogP contribution in [-0.2, 0) is 13.2 Å². The van der Waals surface area contributed by atoms with Crippen LogP contribution in [0.3, 0.4) is 0 Å². The van der Waals surface area contributed by atoms with Gasteiger partial charge in [-0.3, -0.25) is 4.79 Å². The largest absolute Gasteiger partial charge is 0.493 e. The van der Waals surface area contributed by atoms with Gasteiger partial charge in [-0.25, -0.2) is 0 Å². The van der Waals surface area contributed by atoms with Gasteiger partial charge in [0.1, 0.15) is 24.0 Å². The van der Waals surface area contributed by atoms with E-state index in [-0.39, 0.29) is 17.0 Å². The molecular formula is C32H29N3O4. The SMILES string of the molecule is COc1cc(C2C(C#N)=C(N)Oc3cc(C)n(Cc4ccccc4)c(=O)c32)ccc1OCc1ccc(C)cc1. The first-order valence-electron chi connectivity index (χ1n) is 12.6. The molecule has 4 aromatic rings. The van der Waals surface area contributed by atoms with Crippen LogP contribution in [0, 0.1) is 25.2 Å². The lowest BCUT2D eigenvalue weighted by atomic mass is 9.84. The second kappa shape index (κ2) is 10.8. The van der Waals surface area contributed by atoms with Crippen LogP contribution in [0.15, 0.2) is 95.1 Å². The summed E-state index contributed by atoms with van der Waals surface area (Å²) >= 11 is 0. The Labute approximate surface area is 227 Å². The molecule has 0 spiro atoms. The average Bonchev–Trinajstić information content (AvgIpc) is 2.95. The van der Waals surface area contributed by atoms with E-state index in [1.807, 2.05) is 74.5 Å². The highest BCUT2D eigenvalue weighted by Gasteiger charge is 2.35. The van der Waals surface area contributed by atoms with Gasteiger partial charge in [0.2, 0.25) is 5.88 Å². The maximum absolute atomic E-state index is 13.9. The highest BCUT2D eigenvalue weighted by Crippen LogP contribution is 2.43. The van der Waals surface area contributed by atoms with Crippen molar-refractivity contribution in [1.29, 1.82) is 5.26 Å². The Morgan fingerprint density at radius 2 is 1.72 bits per heavy atom. The van der Waals surface area contributed by atoms with E-state index in [1.54, 1.807) is 29.9 Å². The predicted molar refractivity (Wildman–Crippen MR) is 149 cm³/mol. The molecule has 1 unspecified atom stereocenters. The molecule has 196 valence electrons. The van der Waals surface area contributed by atoms with Crippen LogP contribution in [-0.4, -0.2) is 11.7 Å². The second-order valence-corrected chi connectivity index (χ2v) is 9.55. The van der Waals surface area contributed by atoms with E-state index >= 15 is 0 Å². The van der Waals surface area contributed by atoms with Gasteiger partial charge in [0.15, 0.2) is 11.5 Å². The number of aromatic nitrogens is 1. The summed E-state index contributed by atoms with van der Waals surface area (Å²) in [6.07, 6.45) is 0. The summed E-state index contributed by atoms with van der Waals surface area (Å²) in [6, 6.07) is 27.2. The molecule has 0 bridgehead atoms. The van der Waals surface area contributed by atoms with Crippen LogP contribution in [0.2, 0.25) is 0 Å². The summed E-state index contributed by atoms with van der Waals surface area (Å²) in [5.74, 6) is 0.638. The van der Waals surface area contributed by atoms with Crippen LogP contribution in [0.5, 0.6) is 17.2 Å². The van der Waals surface area contributed by atoms with E-state index in [1.165, 1.54) is 5.56 Å². The number of allylic oxidation sites excluding steroid dienone is 1. The number of hydrogen-bond donors (Lipinski definition) is 1. The van der Waals surface area contributed by atoms with Crippen molar-refractivity contribution >= 4 is 0 Å². The summed E-state index contributed by atoms with van der Waals surface area (Å²) < 4.78 is 19.2. The molecule has 0 saturated heterocycles. The first-order chi connectivity index (χ1) is 18.9. The highest BCUT2D eigenvalue weighted by molar-refractivity contribution is 5.57. The van der Waals surface area contributed by atoms with Crippen molar-refractivity contribution < 1.29 is 14.2 Å².